The number of aliphatic hydroxyl groups excluding tert-OH is 2. The van der Waals surface area contributed by atoms with Crippen molar-refractivity contribution in [2.45, 2.75) is 94.9 Å². The number of anilines is 1. The van der Waals surface area contributed by atoms with Crippen LogP contribution in [0.4, 0.5) is 5.82 Å². The van der Waals surface area contributed by atoms with Crippen molar-refractivity contribution in [1.82, 2.24) is 9.97 Å². The Hall–Kier alpha value is -5.58. The number of nitrogens with one attached hydrogen (secondary N) is 3. The first kappa shape index (κ1) is 38.3. The number of carbonyl (C=O) groups excluding carboxylic acids is 2. The standard InChI is InChI=1S/C47H51N3O7/c51-34-8-4-5-28(21-34)11-13-35(52)25-39-38-16-18-48-41(38)24-33-27-50-47-32(15-17-49-47)20-29-6-3-7-31(19-29)45(55)40-22-30(12-14-36(53)26-42(54)44(33)39)23-43(46(40)56)57-37-9-1-2-10-37/h3-8,15-19,21-24,35,37,39,44-45,48-52,55-56H,1-2,9-14,20,25-27H2. The van der Waals surface area contributed by atoms with Gasteiger partial charge in [0.05, 0.1) is 18.6 Å². The summed E-state index contributed by atoms with van der Waals surface area (Å²) in [6, 6.07) is 22.2. The third-order valence-electron chi connectivity index (χ3n) is 12.0. The molecule has 0 amide bonds. The van der Waals surface area contributed by atoms with Gasteiger partial charge >= 0.3 is 0 Å². The molecule has 3 heterocycles. The first-order chi connectivity index (χ1) is 27.7. The Bertz CT molecular complexity index is 2260. The Morgan fingerprint density at radius 1 is 0.842 bits per heavy atom. The fraction of sp³-hybridized carbons (Fsp3) is 0.362. The molecule has 2 aromatic heterocycles. The van der Waals surface area contributed by atoms with Crippen LogP contribution in [0, 0.1) is 5.92 Å². The zero-order valence-corrected chi connectivity index (χ0v) is 32.0. The molecule has 0 radical (unpaired) electrons. The Morgan fingerprint density at radius 2 is 1.67 bits per heavy atom. The number of aryl methyl sites for hydroxylation is 2. The average Bonchev–Trinajstić information content (AvgIpc) is 3.99. The van der Waals surface area contributed by atoms with E-state index in [9.17, 15) is 30.0 Å². The molecule has 4 atom stereocenters. The monoisotopic (exact) mass is 769 g/mol. The van der Waals surface area contributed by atoms with Crippen LogP contribution < -0.4 is 10.1 Å². The van der Waals surface area contributed by atoms with Crippen LogP contribution >= 0.6 is 0 Å². The minimum atomic E-state index is -1.14. The van der Waals surface area contributed by atoms with E-state index in [1.54, 1.807) is 30.3 Å². The van der Waals surface area contributed by atoms with Gasteiger partial charge in [-0.15, -0.1) is 0 Å². The fourth-order valence-electron chi connectivity index (χ4n) is 9.04. The van der Waals surface area contributed by atoms with Gasteiger partial charge in [-0.05, 0) is 133 Å². The Balaban J connectivity index is 1.12. The van der Waals surface area contributed by atoms with Crippen molar-refractivity contribution in [2.75, 3.05) is 11.9 Å². The normalized spacial score (nSPS) is 20.9. The highest BCUT2D eigenvalue weighted by Gasteiger charge is 2.38. The molecule has 3 aromatic carbocycles. The Labute approximate surface area is 332 Å². The number of benzene rings is 3. The van der Waals surface area contributed by atoms with Crippen LogP contribution in [-0.4, -0.2) is 60.7 Å². The summed E-state index contributed by atoms with van der Waals surface area (Å²) in [7, 11) is 0. The number of phenolic OH excluding ortho intramolecular Hbond substituents is 2. The van der Waals surface area contributed by atoms with Crippen molar-refractivity contribution < 1.29 is 34.8 Å². The first-order valence-electron chi connectivity index (χ1n) is 20.3. The van der Waals surface area contributed by atoms with E-state index in [0.717, 1.165) is 70.6 Å². The van der Waals surface area contributed by atoms with Crippen LogP contribution in [0.1, 0.15) is 108 Å². The Morgan fingerprint density at radius 3 is 2.51 bits per heavy atom. The second-order valence-electron chi connectivity index (χ2n) is 16.0. The predicted molar refractivity (Wildman–Crippen MR) is 219 cm³/mol. The molecule has 5 aromatic rings. The van der Waals surface area contributed by atoms with E-state index in [4.69, 9.17) is 4.74 Å². The van der Waals surface area contributed by atoms with Crippen LogP contribution in [0.5, 0.6) is 17.2 Å². The van der Waals surface area contributed by atoms with Gasteiger partial charge in [0, 0.05) is 54.9 Å². The maximum atomic E-state index is 14.5. The van der Waals surface area contributed by atoms with Crippen LogP contribution in [-0.2, 0) is 28.9 Å². The largest absolute Gasteiger partial charge is 0.508 e. The number of carbonyl (C=O) groups is 2. The number of aromatic amines is 2. The molecule has 296 valence electrons. The van der Waals surface area contributed by atoms with Crippen molar-refractivity contribution in [1.29, 1.82) is 0 Å². The molecule has 2 aliphatic carbocycles. The van der Waals surface area contributed by atoms with Gasteiger partial charge in [0.25, 0.3) is 0 Å². The van der Waals surface area contributed by atoms with E-state index in [2.05, 4.69) is 15.3 Å². The lowest BCUT2D eigenvalue weighted by atomic mass is 9.71. The molecule has 3 aliphatic rings. The van der Waals surface area contributed by atoms with Crippen molar-refractivity contribution in [3.05, 3.63) is 135 Å². The summed E-state index contributed by atoms with van der Waals surface area (Å²) >= 11 is 0. The SMILES string of the molecule is O=C1CCc2cc(OC3CCCC3)c(O)c(c2)C(O)c2cccc(c2)Cc2cc[nH]c2NCC2=Cc3[nH]ccc3C(CC(O)CCc3cccc(O)c3)C2C(=O)C1. The summed E-state index contributed by atoms with van der Waals surface area (Å²) in [5.41, 5.74) is 7.19. The minimum absolute atomic E-state index is 0.0335. The van der Waals surface area contributed by atoms with Gasteiger partial charge in [-0.1, -0.05) is 36.4 Å². The number of rotatable bonds is 7. The van der Waals surface area contributed by atoms with Gasteiger partial charge in [0.2, 0.25) is 0 Å². The highest BCUT2D eigenvalue weighted by atomic mass is 16.5. The van der Waals surface area contributed by atoms with Gasteiger partial charge in [-0.3, -0.25) is 9.59 Å². The van der Waals surface area contributed by atoms with Gasteiger partial charge < -0.3 is 40.4 Å². The number of hydrogen-bond donors (Lipinski definition) is 7. The van der Waals surface area contributed by atoms with Gasteiger partial charge in [0.1, 0.15) is 29.2 Å². The van der Waals surface area contributed by atoms with E-state index in [1.807, 2.05) is 60.9 Å². The van der Waals surface area contributed by atoms with Crippen molar-refractivity contribution in [2.24, 2.45) is 5.92 Å². The summed E-state index contributed by atoms with van der Waals surface area (Å²) < 4.78 is 6.31. The number of H-pyrrole nitrogens is 2. The van der Waals surface area contributed by atoms with Crippen molar-refractivity contribution >= 4 is 23.5 Å². The number of hydrogen-bond acceptors (Lipinski definition) is 8. The maximum Gasteiger partial charge on any atom is 0.163 e. The van der Waals surface area contributed by atoms with Crippen LogP contribution in [0.2, 0.25) is 0 Å². The predicted octanol–water partition coefficient (Wildman–Crippen LogP) is 7.82. The number of aromatic nitrogens is 2. The summed E-state index contributed by atoms with van der Waals surface area (Å²) in [6.45, 7) is 0.333. The fourth-order valence-corrected chi connectivity index (χ4v) is 9.04. The third-order valence-corrected chi connectivity index (χ3v) is 12.0. The molecule has 4 bridgehead atoms. The number of aromatic hydroxyl groups is 2. The van der Waals surface area contributed by atoms with E-state index < -0.39 is 18.1 Å². The number of ketones is 2. The highest BCUT2D eigenvalue weighted by Crippen LogP contribution is 2.44. The van der Waals surface area contributed by atoms with E-state index in [-0.39, 0.29) is 47.9 Å². The van der Waals surface area contributed by atoms with Crippen LogP contribution in [0.15, 0.2) is 90.8 Å². The lowest BCUT2D eigenvalue weighted by Gasteiger charge is -2.34. The maximum absolute atomic E-state index is 14.5. The molecule has 0 saturated heterocycles. The third kappa shape index (κ3) is 8.72. The molecule has 8 rings (SSSR count). The zero-order valence-electron chi connectivity index (χ0n) is 32.0. The molecule has 10 heteroatoms. The van der Waals surface area contributed by atoms with Gasteiger partial charge in [-0.2, -0.15) is 0 Å². The summed E-state index contributed by atoms with van der Waals surface area (Å²) in [5, 5.41) is 48.2. The molecule has 10 nitrogen and oxygen atoms in total. The van der Waals surface area contributed by atoms with Gasteiger partial charge in [0.15, 0.2) is 11.5 Å². The average molecular weight is 770 g/mol. The molecule has 1 aliphatic heterocycles. The molecule has 1 saturated carbocycles. The number of aliphatic hydroxyl groups is 2. The van der Waals surface area contributed by atoms with E-state index >= 15 is 0 Å². The number of Topliss-reactive ketones (excluding diaryl/α,β-unsaturated/α-hetero) is 2. The van der Waals surface area contributed by atoms with Crippen molar-refractivity contribution in [3.8, 4) is 17.2 Å². The van der Waals surface area contributed by atoms with Crippen LogP contribution in [0.25, 0.3) is 6.08 Å². The summed E-state index contributed by atoms with van der Waals surface area (Å²) in [6.07, 6.45) is 9.69. The summed E-state index contributed by atoms with van der Waals surface area (Å²) in [4.78, 5) is 35.0. The molecule has 57 heavy (non-hydrogen) atoms. The number of ether oxygens (including phenoxy) is 1. The second kappa shape index (κ2) is 16.9. The number of fused-ring (bicyclic) bond motifs is 7. The lowest BCUT2D eigenvalue weighted by Crippen LogP contribution is -2.33. The lowest BCUT2D eigenvalue weighted by molar-refractivity contribution is -0.129. The van der Waals surface area contributed by atoms with Crippen molar-refractivity contribution in [3.63, 3.8) is 0 Å². The highest BCUT2D eigenvalue weighted by molar-refractivity contribution is 6.02. The van der Waals surface area contributed by atoms with Gasteiger partial charge in [-0.25, -0.2) is 0 Å². The second-order valence-corrected chi connectivity index (χ2v) is 16.0. The zero-order chi connectivity index (χ0) is 39.5. The smallest absolute Gasteiger partial charge is 0.163 e. The topological polar surface area (TPSA) is 168 Å². The summed E-state index contributed by atoms with van der Waals surface area (Å²) in [5.74, 6) is -0.268. The number of phenols is 2. The van der Waals surface area contributed by atoms with Crippen LogP contribution in [0.3, 0.4) is 0 Å². The molecular formula is C47H51N3O7. The Kier molecular flexibility index (Phi) is 11.3. The molecular weight excluding hydrogens is 719 g/mol. The molecule has 4 unspecified atom stereocenters. The molecule has 7 N–H and O–H groups in total. The first-order valence-corrected chi connectivity index (χ1v) is 20.3. The quantitative estimate of drug-likeness (QED) is 0.0823. The van der Waals surface area contributed by atoms with E-state index in [0.29, 0.717) is 55.5 Å². The van der Waals surface area contributed by atoms with E-state index in [1.165, 1.54) is 0 Å². The molecule has 1 fully saturated rings. The minimum Gasteiger partial charge on any atom is -0.508 e. The molecule has 0 spiro atoms.